The van der Waals surface area contributed by atoms with Gasteiger partial charge in [0, 0.05) is 0 Å². The zero-order valence-corrected chi connectivity index (χ0v) is 15.5. The molecule has 26 heavy (non-hydrogen) atoms. The van der Waals surface area contributed by atoms with E-state index in [2.05, 4.69) is 15.5 Å². The fraction of sp³-hybridized carbons (Fsp3) is 0.211. The zero-order valence-electron chi connectivity index (χ0n) is 14.7. The Morgan fingerprint density at radius 1 is 1.12 bits per heavy atom. The number of hydrogen-bond donors (Lipinski definition) is 1. The number of carbonyl (C=O) groups is 1. The Morgan fingerprint density at radius 2 is 1.81 bits per heavy atom. The molecule has 1 atom stereocenters. The molecule has 134 valence electrons. The van der Waals surface area contributed by atoms with Crippen molar-refractivity contribution in [3.05, 3.63) is 65.7 Å². The van der Waals surface area contributed by atoms with Crippen LogP contribution in [0.4, 0.5) is 10.1 Å². The smallest absolute Gasteiger partial charge is 0.237 e. The molecule has 0 aliphatic heterocycles. The predicted octanol–water partition coefficient (Wildman–Crippen LogP) is 4.14. The molecule has 0 fully saturated rings. The number of nitrogens with zero attached hydrogens (tertiary/aromatic N) is 3. The summed E-state index contributed by atoms with van der Waals surface area (Å²) in [5, 5.41) is 11.1. The zero-order chi connectivity index (χ0) is 18.7. The molecule has 1 amide bonds. The van der Waals surface area contributed by atoms with Crippen LogP contribution in [0.3, 0.4) is 0 Å². The van der Waals surface area contributed by atoms with Crippen molar-refractivity contribution in [2.75, 3.05) is 5.32 Å². The van der Waals surface area contributed by atoms with Crippen LogP contribution in [0.25, 0.3) is 5.69 Å². The first-order chi connectivity index (χ1) is 12.5. The quantitative estimate of drug-likeness (QED) is 0.686. The SMILES string of the molecule is Cc1ccccc1-n1c(C)nnc1S[C@H](C)C(=O)Nc1ccccc1F. The van der Waals surface area contributed by atoms with Crippen LogP contribution in [0.1, 0.15) is 18.3 Å². The van der Waals surface area contributed by atoms with Gasteiger partial charge < -0.3 is 5.32 Å². The van der Waals surface area contributed by atoms with Crippen LogP contribution in [-0.2, 0) is 4.79 Å². The Bertz CT molecular complexity index is 941. The Labute approximate surface area is 155 Å². The third-order valence-corrected chi connectivity index (χ3v) is 4.98. The summed E-state index contributed by atoms with van der Waals surface area (Å²) in [5.74, 6) is -0.0161. The predicted molar refractivity (Wildman–Crippen MR) is 101 cm³/mol. The highest BCUT2D eigenvalue weighted by molar-refractivity contribution is 8.00. The molecule has 0 saturated heterocycles. The van der Waals surface area contributed by atoms with Crippen LogP contribution in [0.15, 0.2) is 53.7 Å². The third-order valence-electron chi connectivity index (χ3n) is 3.93. The summed E-state index contributed by atoms with van der Waals surface area (Å²) in [4.78, 5) is 12.4. The number of aromatic nitrogens is 3. The molecule has 3 rings (SSSR count). The van der Waals surface area contributed by atoms with Crippen molar-refractivity contribution in [3.8, 4) is 5.69 Å². The van der Waals surface area contributed by atoms with E-state index in [1.54, 1.807) is 19.1 Å². The lowest BCUT2D eigenvalue weighted by Gasteiger charge is -2.14. The second-order valence-electron chi connectivity index (χ2n) is 5.88. The minimum atomic E-state index is -0.471. The molecule has 0 aliphatic carbocycles. The summed E-state index contributed by atoms with van der Waals surface area (Å²) >= 11 is 1.28. The first-order valence-electron chi connectivity index (χ1n) is 8.17. The van der Waals surface area contributed by atoms with Crippen LogP contribution in [-0.4, -0.2) is 25.9 Å². The molecule has 0 aliphatic rings. The minimum Gasteiger partial charge on any atom is -0.323 e. The summed E-state index contributed by atoms with van der Waals surface area (Å²) in [7, 11) is 0. The Morgan fingerprint density at radius 3 is 2.54 bits per heavy atom. The molecule has 0 saturated carbocycles. The van der Waals surface area contributed by atoms with E-state index in [-0.39, 0.29) is 11.6 Å². The van der Waals surface area contributed by atoms with E-state index in [0.717, 1.165) is 17.1 Å². The van der Waals surface area contributed by atoms with Gasteiger partial charge in [0.1, 0.15) is 11.6 Å². The first-order valence-corrected chi connectivity index (χ1v) is 9.05. The lowest BCUT2D eigenvalue weighted by molar-refractivity contribution is -0.115. The van der Waals surface area contributed by atoms with Gasteiger partial charge in [0.25, 0.3) is 0 Å². The number of carbonyl (C=O) groups excluding carboxylic acids is 1. The summed E-state index contributed by atoms with van der Waals surface area (Å²) in [5.41, 5.74) is 2.22. The second-order valence-corrected chi connectivity index (χ2v) is 7.19. The van der Waals surface area contributed by atoms with E-state index < -0.39 is 11.1 Å². The molecule has 2 aromatic carbocycles. The monoisotopic (exact) mass is 370 g/mol. The molecule has 7 heteroatoms. The largest absolute Gasteiger partial charge is 0.323 e. The number of para-hydroxylation sites is 2. The first kappa shape index (κ1) is 18.1. The molecule has 5 nitrogen and oxygen atoms in total. The molecular weight excluding hydrogens is 351 g/mol. The number of anilines is 1. The number of amides is 1. The van der Waals surface area contributed by atoms with Crippen molar-refractivity contribution >= 4 is 23.4 Å². The number of hydrogen-bond acceptors (Lipinski definition) is 4. The van der Waals surface area contributed by atoms with E-state index in [0.29, 0.717) is 5.16 Å². The molecule has 3 aromatic rings. The van der Waals surface area contributed by atoms with Gasteiger partial charge in [-0.15, -0.1) is 10.2 Å². The average molecular weight is 370 g/mol. The standard InChI is InChI=1S/C19H19FN4OS/c1-12-8-4-7-11-17(12)24-14(3)22-23-19(24)26-13(2)18(25)21-16-10-6-5-9-15(16)20/h4-11,13H,1-3H3,(H,21,25)/t13-/m1/s1. The van der Waals surface area contributed by atoms with E-state index >= 15 is 0 Å². The number of halogens is 1. The molecule has 1 N–H and O–H groups in total. The van der Waals surface area contributed by atoms with Crippen LogP contribution < -0.4 is 5.32 Å². The van der Waals surface area contributed by atoms with Gasteiger partial charge in [-0.3, -0.25) is 9.36 Å². The highest BCUT2D eigenvalue weighted by Gasteiger charge is 2.21. The fourth-order valence-electron chi connectivity index (χ4n) is 2.52. The van der Waals surface area contributed by atoms with Gasteiger partial charge >= 0.3 is 0 Å². The van der Waals surface area contributed by atoms with Crippen molar-refractivity contribution in [1.29, 1.82) is 0 Å². The van der Waals surface area contributed by atoms with Crippen LogP contribution in [0.5, 0.6) is 0 Å². The van der Waals surface area contributed by atoms with Crippen molar-refractivity contribution in [2.45, 2.75) is 31.2 Å². The summed E-state index contributed by atoms with van der Waals surface area (Å²) in [6.45, 7) is 5.64. The maximum Gasteiger partial charge on any atom is 0.237 e. The van der Waals surface area contributed by atoms with Crippen LogP contribution in [0.2, 0.25) is 0 Å². The van der Waals surface area contributed by atoms with Gasteiger partial charge in [-0.05, 0) is 44.5 Å². The van der Waals surface area contributed by atoms with Crippen molar-refractivity contribution in [2.24, 2.45) is 0 Å². The maximum atomic E-state index is 13.7. The van der Waals surface area contributed by atoms with Gasteiger partial charge in [0.2, 0.25) is 5.91 Å². The normalized spacial score (nSPS) is 12.0. The minimum absolute atomic E-state index is 0.168. The summed E-state index contributed by atoms with van der Waals surface area (Å²) in [6.07, 6.45) is 0. The maximum absolute atomic E-state index is 13.7. The Hall–Kier alpha value is -2.67. The Balaban J connectivity index is 1.80. The molecule has 1 aromatic heterocycles. The van der Waals surface area contributed by atoms with Crippen LogP contribution >= 0.6 is 11.8 Å². The third kappa shape index (κ3) is 3.77. The molecule has 0 radical (unpaired) electrons. The van der Waals surface area contributed by atoms with E-state index in [4.69, 9.17) is 0 Å². The van der Waals surface area contributed by atoms with Gasteiger partial charge in [-0.2, -0.15) is 0 Å². The molecule has 0 spiro atoms. The lowest BCUT2D eigenvalue weighted by atomic mass is 10.2. The average Bonchev–Trinajstić information content (AvgIpc) is 2.97. The molecule has 1 heterocycles. The fourth-order valence-corrected chi connectivity index (χ4v) is 3.43. The van der Waals surface area contributed by atoms with Crippen LogP contribution in [0, 0.1) is 19.7 Å². The molecule has 0 unspecified atom stereocenters. The lowest BCUT2D eigenvalue weighted by Crippen LogP contribution is -2.23. The Kier molecular flexibility index (Phi) is 5.37. The van der Waals surface area contributed by atoms with Gasteiger partial charge in [0.15, 0.2) is 5.16 Å². The van der Waals surface area contributed by atoms with Crippen molar-refractivity contribution in [1.82, 2.24) is 14.8 Å². The van der Waals surface area contributed by atoms with E-state index in [9.17, 15) is 9.18 Å². The number of nitrogens with one attached hydrogen (secondary N) is 1. The topological polar surface area (TPSA) is 59.8 Å². The number of benzene rings is 2. The van der Waals surface area contributed by atoms with Crippen molar-refractivity contribution in [3.63, 3.8) is 0 Å². The number of thioether (sulfide) groups is 1. The van der Waals surface area contributed by atoms with E-state index in [1.807, 2.05) is 42.7 Å². The highest BCUT2D eigenvalue weighted by Crippen LogP contribution is 2.27. The van der Waals surface area contributed by atoms with Gasteiger partial charge in [0.05, 0.1) is 16.6 Å². The van der Waals surface area contributed by atoms with Crippen molar-refractivity contribution < 1.29 is 9.18 Å². The van der Waals surface area contributed by atoms with Gasteiger partial charge in [-0.1, -0.05) is 42.1 Å². The highest BCUT2D eigenvalue weighted by atomic mass is 32.2. The van der Waals surface area contributed by atoms with Gasteiger partial charge in [-0.25, -0.2) is 4.39 Å². The number of aryl methyl sites for hydroxylation is 2. The molecular formula is C19H19FN4OS. The van der Waals surface area contributed by atoms with E-state index in [1.165, 1.54) is 23.9 Å². The summed E-state index contributed by atoms with van der Waals surface area (Å²) < 4.78 is 15.6. The second kappa shape index (κ2) is 7.70. The molecule has 0 bridgehead atoms. The summed E-state index contributed by atoms with van der Waals surface area (Å²) in [6, 6.07) is 14.0. The number of rotatable bonds is 5.